The van der Waals surface area contributed by atoms with Crippen LogP contribution in [0.3, 0.4) is 0 Å². The highest BCUT2D eigenvalue weighted by Crippen LogP contribution is 2.04. The average molecular weight is 222 g/mol. The van der Waals surface area contributed by atoms with Crippen LogP contribution in [0.2, 0.25) is 0 Å². The maximum atomic E-state index is 11.2. The van der Waals surface area contributed by atoms with Gasteiger partial charge >= 0.3 is 5.97 Å². The summed E-state index contributed by atoms with van der Waals surface area (Å²) < 4.78 is 0. The fourth-order valence-corrected chi connectivity index (χ4v) is 1.12. The zero-order valence-corrected chi connectivity index (χ0v) is 8.93. The third-order valence-corrected chi connectivity index (χ3v) is 2.08. The number of aromatic carboxylic acids is 1. The number of nitrogens with one attached hydrogen (secondary N) is 1. The van der Waals surface area contributed by atoms with E-state index in [1.54, 1.807) is 19.1 Å². The molecule has 0 bridgehead atoms. The Morgan fingerprint density at radius 1 is 1.38 bits per heavy atom. The van der Waals surface area contributed by atoms with Crippen molar-refractivity contribution < 1.29 is 14.7 Å². The molecule has 0 saturated heterocycles. The molecule has 1 amide bonds. The highest BCUT2D eigenvalue weighted by molar-refractivity contribution is 5.87. The zero-order valence-electron chi connectivity index (χ0n) is 8.93. The molecule has 0 heterocycles. The number of carboxylic acid groups (broad SMARTS) is 1. The molecule has 0 radical (unpaired) electrons. The van der Waals surface area contributed by atoms with Crippen LogP contribution in [0.4, 0.5) is 0 Å². The van der Waals surface area contributed by atoms with E-state index in [9.17, 15) is 9.59 Å². The molecule has 5 nitrogen and oxygen atoms in total. The van der Waals surface area contributed by atoms with Crippen molar-refractivity contribution in [2.24, 2.45) is 5.73 Å². The molecule has 1 unspecified atom stereocenters. The Morgan fingerprint density at radius 3 is 2.38 bits per heavy atom. The average Bonchev–Trinajstić information content (AvgIpc) is 2.26. The second-order valence-corrected chi connectivity index (χ2v) is 3.51. The van der Waals surface area contributed by atoms with Crippen LogP contribution in [-0.4, -0.2) is 23.0 Å². The molecule has 0 saturated carbocycles. The van der Waals surface area contributed by atoms with Crippen molar-refractivity contribution in [3.63, 3.8) is 0 Å². The van der Waals surface area contributed by atoms with Crippen molar-refractivity contribution in [1.29, 1.82) is 0 Å². The van der Waals surface area contributed by atoms with Gasteiger partial charge in [-0.15, -0.1) is 0 Å². The summed E-state index contributed by atoms with van der Waals surface area (Å²) in [7, 11) is 0. The smallest absolute Gasteiger partial charge is 0.335 e. The van der Waals surface area contributed by atoms with Gasteiger partial charge in [-0.2, -0.15) is 0 Å². The van der Waals surface area contributed by atoms with E-state index in [0.29, 0.717) is 6.54 Å². The first kappa shape index (κ1) is 12.2. The van der Waals surface area contributed by atoms with Gasteiger partial charge < -0.3 is 16.2 Å². The maximum Gasteiger partial charge on any atom is 0.335 e. The summed E-state index contributed by atoms with van der Waals surface area (Å²) in [6.07, 6.45) is 0. The molecule has 0 aliphatic rings. The van der Waals surface area contributed by atoms with E-state index < -0.39 is 12.0 Å². The Hall–Kier alpha value is -1.88. The lowest BCUT2D eigenvalue weighted by Gasteiger charge is -2.07. The molecule has 0 fully saturated rings. The van der Waals surface area contributed by atoms with Crippen LogP contribution in [0.15, 0.2) is 24.3 Å². The lowest BCUT2D eigenvalue weighted by atomic mass is 10.1. The van der Waals surface area contributed by atoms with Crippen molar-refractivity contribution in [1.82, 2.24) is 5.32 Å². The monoisotopic (exact) mass is 222 g/mol. The molecular weight excluding hydrogens is 208 g/mol. The Labute approximate surface area is 93.3 Å². The molecule has 0 aliphatic carbocycles. The Kier molecular flexibility index (Phi) is 4.02. The summed E-state index contributed by atoms with van der Waals surface area (Å²) in [5, 5.41) is 11.3. The maximum absolute atomic E-state index is 11.2. The highest BCUT2D eigenvalue weighted by atomic mass is 16.4. The Bertz CT molecular complexity index is 385. The van der Waals surface area contributed by atoms with Crippen molar-refractivity contribution in [2.45, 2.75) is 19.5 Å². The fraction of sp³-hybridized carbons (Fsp3) is 0.273. The van der Waals surface area contributed by atoms with Crippen molar-refractivity contribution in [3.05, 3.63) is 35.4 Å². The summed E-state index contributed by atoms with van der Waals surface area (Å²) in [5.74, 6) is -1.20. The van der Waals surface area contributed by atoms with Crippen LogP contribution in [0.5, 0.6) is 0 Å². The number of carbonyl (C=O) groups is 2. The molecule has 5 heteroatoms. The minimum atomic E-state index is -0.967. The number of carboxylic acids is 1. The van der Waals surface area contributed by atoms with Crippen LogP contribution < -0.4 is 11.1 Å². The summed E-state index contributed by atoms with van der Waals surface area (Å²) in [4.78, 5) is 21.7. The van der Waals surface area contributed by atoms with Gasteiger partial charge in [0.25, 0.3) is 0 Å². The molecule has 86 valence electrons. The number of rotatable bonds is 4. The Balaban J connectivity index is 2.56. The summed E-state index contributed by atoms with van der Waals surface area (Å²) in [6, 6.07) is 5.76. The number of amides is 1. The molecule has 1 aromatic rings. The normalized spacial score (nSPS) is 11.9. The first-order valence-corrected chi connectivity index (χ1v) is 4.86. The van der Waals surface area contributed by atoms with Gasteiger partial charge in [-0.05, 0) is 24.6 Å². The van der Waals surface area contributed by atoms with Crippen LogP contribution in [0, 0.1) is 0 Å². The minimum absolute atomic E-state index is 0.224. The molecule has 1 rings (SSSR count). The number of benzene rings is 1. The van der Waals surface area contributed by atoms with Crippen molar-refractivity contribution >= 4 is 11.9 Å². The number of hydrogen-bond acceptors (Lipinski definition) is 3. The molecule has 1 atom stereocenters. The molecule has 16 heavy (non-hydrogen) atoms. The predicted octanol–water partition coefficient (Wildman–Crippen LogP) is 0.348. The van der Waals surface area contributed by atoms with Gasteiger partial charge in [-0.25, -0.2) is 4.79 Å². The summed E-state index contributed by atoms with van der Waals surface area (Å²) in [6.45, 7) is 1.95. The van der Waals surface area contributed by atoms with Gasteiger partial charge in [-0.1, -0.05) is 12.1 Å². The molecule has 4 N–H and O–H groups in total. The summed E-state index contributed by atoms with van der Waals surface area (Å²) >= 11 is 0. The third-order valence-electron chi connectivity index (χ3n) is 2.08. The molecule has 0 spiro atoms. The zero-order chi connectivity index (χ0) is 12.1. The predicted molar refractivity (Wildman–Crippen MR) is 58.9 cm³/mol. The summed E-state index contributed by atoms with van der Waals surface area (Å²) in [5.41, 5.74) is 6.43. The molecule has 0 aromatic heterocycles. The van der Waals surface area contributed by atoms with Gasteiger partial charge in [0, 0.05) is 6.54 Å². The number of nitrogens with two attached hydrogens (primary N) is 1. The van der Waals surface area contributed by atoms with Crippen LogP contribution in [0.1, 0.15) is 22.8 Å². The Morgan fingerprint density at radius 2 is 1.94 bits per heavy atom. The molecule has 0 aliphatic heterocycles. The van der Waals surface area contributed by atoms with Crippen molar-refractivity contribution in [2.75, 3.05) is 0 Å². The van der Waals surface area contributed by atoms with E-state index >= 15 is 0 Å². The van der Waals surface area contributed by atoms with E-state index in [2.05, 4.69) is 5.32 Å². The van der Waals surface area contributed by atoms with Crippen LogP contribution >= 0.6 is 0 Å². The van der Waals surface area contributed by atoms with Gasteiger partial charge in [0.2, 0.25) is 5.91 Å². The van der Waals surface area contributed by atoms with Gasteiger partial charge in [0.1, 0.15) is 0 Å². The molecular formula is C11H14N2O3. The van der Waals surface area contributed by atoms with E-state index in [4.69, 9.17) is 10.8 Å². The van der Waals surface area contributed by atoms with Gasteiger partial charge in [0.05, 0.1) is 11.6 Å². The van der Waals surface area contributed by atoms with E-state index in [0.717, 1.165) is 5.56 Å². The van der Waals surface area contributed by atoms with Crippen LogP contribution in [0.25, 0.3) is 0 Å². The van der Waals surface area contributed by atoms with E-state index in [1.807, 2.05) is 0 Å². The van der Waals surface area contributed by atoms with E-state index in [-0.39, 0.29) is 11.5 Å². The van der Waals surface area contributed by atoms with E-state index in [1.165, 1.54) is 12.1 Å². The quantitative estimate of drug-likeness (QED) is 0.685. The fourth-order valence-electron chi connectivity index (χ4n) is 1.12. The second-order valence-electron chi connectivity index (χ2n) is 3.51. The first-order valence-electron chi connectivity index (χ1n) is 4.86. The lowest BCUT2D eigenvalue weighted by Crippen LogP contribution is -2.37. The van der Waals surface area contributed by atoms with Gasteiger partial charge in [-0.3, -0.25) is 4.79 Å². The largest absolute Gasteiger partial charge is 0.478 e. The first-order chi connectivity index (χ1) is 7.50. The molecule has 1 aromatic carbocycles. The second kappa shape index (κ2) is 5.27. The minimum Gasteiger partial charge on any atom is -0.478 e. The topological polar surface area (TPSA) is 92.4 Å². The number of hydrogen-bond donors (Lipinski definition) is 3. The van der Waals surface area contributed by atoms with Crippen LogP contribution in [-0.2, 0) is 11.3 Å². The number of carbonyl (C=O) groups excluding carboxylic acids is 1. The standard InChI is InChI=1S/C11H14N2O3/c1-7(12)10(14)13-6-8-2-4-9(5-3-8)11(15)16/h2-5,7H,6,12H2,1H3,(H,13,14)(H,15,16). The third kappa shape index (κ3) is 3.36. The van der Waals surface area contributed by atoms with Gasteiger partial charge in [0.15, 0.2) is 0 Å². The SMILES string of the molecule is CC(N)C(=O)NCc1ccc(C(=O)O)cc1. The lowest BCUT2D eigenvalue weighted by molar-refractivity contribution is -0.122. The highest BCUT2D eigenvalue weighted by Gasteiger charge is 2.06. The van der Waals surface area contributed by atoms with Crippen molar-refractivity contribution in [3.8, 4) is 0 Å².